The largest absolute Gasteiger partial charge is 0.507 e. The van der Waals surface area contributed by atoms with E-state index in [0.717, 1.165) is 18.4 Å². The van der Waals surface area contributed by atoms with E-state index in [4.69, 9.17) is 14.3 Å². The molecule has 9 heteroatoms. The predicted octanol–water partition coefficient (Wildman–Crippen LogP) is 5.16. The van der Waals surface area contributed by atoms with Crippen LogP contribution in [0.15, 0.2) is 93.3 Å². The highest BCUT2D eigenvalue weighted by Crippen LogP contribution is 2.37. The van der Waals surface area contributed by atoms with Crippen molar-refractivity contribution in [3.05, 3.63) is 106 Å². The molecule has 1 saturated heterocycles. The van der Waals surface area contributed by atoms with Crippen LogP contribution in [0.4, 0.5) is 0 Å². The molecule has 2 rings (SSSR count). The second-order valence-electron chi connectivity index (χ2n) is 10.8. The Labute approximate surface area is 252 Å². The first-order valence-electron chi connectivity index (χ1n) is 14.4. The summed E-state index contributed by atoms with van der Waals surface area (Å²) in [5.41, 5.74) is 0.141. The lowest BCUT2D eigenvalue weighted by atomic mass is 9.93. The Kier molecular flexibility index (Phi) is 14.9. The van der Waals surface area contributed by atoms with E-state index >= 15 is 0 Å². The van der Waals surface area contributed by atoms with Gasteiger partial charge in [-0.2, -0.15) is 0 Å². The molecule has 0 aliphatic carbocycles. The van der Waals surface area contributed by atoms with Crippen molar-refractivity contribution in [2.75, 3.05) is 6.61 Å². The van der Waals surface area contributed by atoms with E-state index in [1.165, 1.54) is 12.1 Å². The highest BCUT2D eigenvalue weighted by Gasteiger charge is 2.41. The third-order valence-corrected chi connectivity index (χ3v) is 6.99. The number of carboxylic acids is 1. The number of carboxylic acid groups (broad SMARTS) is 1. The molecule has 1 aliphatic rings. The summed E-state index contributed by atoms with van der Waals surface area (Å²) >= 11 is 0. The van der Waals surface area contributed by atoms with Crippen molar-refractivity contribution in [1.29, 1.82) is 0 Å². The number of aromatic hydroxyl groups is 1. The SMILES string of the molecule is CCC(C)CC(C)/C=C(/C=C(C)/C=C/C=C/C=C/C=C/C=C/c1cc(O)c(C2CC(O)C(C(O)CO)O2)c(=O)o1)C(=O)O. The molecule has 0 spiro atoms. The zero-order chi connectivity index (χ0) is 31.9. The van der Waals surface area contributed by atoms with Crippen molar-refractivity contribution in [3.63, 3.8) is 0 Å². The Morgan fingerprint density at radius 2 is 1.72 bits per heavy atom. The van der Waals surface area contributed by atoms with Crippen LogP contribution in [0.1, 0.15) is 64.4 Å². The molecule has 9 nitrogen and oxygen atoms in total. The van der Waals surface area contributed by atoms with Crippen LogP contribution in [-0.4, -0.2) is 56.4 Å². The molecule has 0 saturated carbocycles. The van der Waals surface area contributed by atoms with Crippen molar-refractivity contribution in [2.45, 2.75) is 71.4 Å². The van der Waals surface area contributed by atoms with Gasteiger partial charge < -0.3 is 34.7 Å². The molecule has 1 aromatic heterocycles. The van der Waals surface area contributed by atoms with Gasteiger partial charge in [0.25, 0.3) is 0 Å². The topological polar surface area (TPSA) is 158 Å². The minimum Gasteiger partial charge on any atom is -0.507 e. The van der Waals surface area contributed by atoms with Crippen LogP contribution < -0.4 is 5.63 Å². The van der Waals surface area contributed by atoms with E-state index in [1.807, 2.05) is 50.3 Å². The van der Waals surface area contributed by atoms with Crippen molar-refractivity contribution in [2.24, 2.45) is 11.8 Å². The maximum atomic E-state index is 12.5. The van der Waals surface area contributed by atoms with E-state index in [0.29, 0.717) is 11.5 Å². The molecular formula is C34H44O9. The fourth-order valence-corrected chi connectivity index (χ4v) is 4.61. The monoisotopic (exact) mass is 596 g/mol. The zero-order valence-corrected chi connectivity index (χ0v) is 25.2. The molecular weight excluding hydrogens is 552 g/mol. The van der Waals surface area contributed by atoms with Crippen molar-refractivity contribution in [1.82, 2.24) is 0 Å². The number of allylic oxidation sites excluding steroid dienone is 11. The highest BCUT2D eigenvalue weighted by atomic mass is 16.5. The molecule has 5 N–H and O–H groups in total. The lowest BCUT2D eigenvalue weighted by molar-refractivity contribution is -0.132. The molecule has 1 fully saturated rings. The third-order valence-electron chi connectivity index (χ3n) is 6.99. The quantitative estimate of drug-likeness (QED) is 0.136. The Morgan fingerprint density at radius 1 is 1.09 bits per heavy atom. The molecule has 0 bridgehead atoms. The van der Waals surface area contributed by atoms with Gasteiger partial charge in [-0.3, -0.25) is 0 Å². The summed E-state index contributed by atoms with van der Waals surface area (Å²) in [6, 6.07) is 1.26. The lowest BCUT2D eigenvalue weighted by Gasteiger charge is -2.19. The molecule has 234 valence electrons. The lowest BCUT2D eigenvalue weighted by Crippen LogP contribution is -2.36. The van der Waals surface area contributed by atoms with Crippen LogP contribution in [0.2, 0.25) is 0 Å². The maximum absolute atomic E-state index is 12.5. The molecule has 0 aromatic carbocycles. The Morgan fingerprint density at radius 3 is 2.30 bits per heavy atom. The van der Waals surface area contributed by atoms with Gasteiger partial charge in [0, 0.05) is 12.5 Å². The average Bonchev–Trinajstić information content (AvgIpc) is 3.33. The Bertz CT molecular complexity index is 1330. The summed E-state index contributed by atoms with van der Waals surface area (Å²) in [5, 5.41) is 48.8. The highest BCUT2D eigenvalue weighted by molar-refractivity contribution is 5.90. The maximum Gasteiger partial charge on any atom is 0.345 e. The Balaban J connectivity index is 1.91. The number of hydrogen-bond acceptors (Lipinski definition) is 8. The summed E-state index contributed by atoms with van der Waals surface area (Å²) in [6.45, 7) is 7.58. The molecule has 43 heavy (non-hydrogen) atoms. The average molecular weight is 597 g/mol. The van der Waals surface area contributed by atoms with Gasteiger partial charge >= 0.3 is 11.6 Å². The number of aliphatic hydroxyl groups is 3. The molecule has 6 atom stereocenters. The van der Waals surface area contributed by atoms with Crippen molar-refractivity contribution in [3.8, 4) is 5.75 Å². The van der Waals surface area contributed by atoms with Crippen LogP contribution in [0.3, 0.4) is 0 Å². The van der Waals surface area contributed by atoms with Gasteiger partial charge in [-0.25, -0.2) is 9.59 Å². The number of aliphatic carboxylic acids is 1. The van der Waals surface area contributed by atoms with E-state index in [9.17, 15) is 30.0 Å². The third kappa shape index (κ3) is 11.8. The van der Waals surface area contributed by atoms with Crippen LogP contribution in [0.25, 0.3) is 6.08 Å². The van der Waals surface area contributed by atoms with Gasteiger partial charge in [-0.15, -0.1) is 0 Å². The normalized spacial score (nSPS) is 22.5. The van der Waals surface area contributed by atoms with Crippen LogP contribution in [0.5, 0.6) is 5.75 Å². The van der Waals surface area contributed by atoms with Crippen LogP contribution >= 0.6 is 0 Å². The minimum atomic E-state index is -1.31. The van der Waals surface area contributed by atoms with Gasteiger partial charge in [0.15, 0.2) is 0 Å². The fraction of sp³-hybridized carbons (Fsp3) is 0.412. The van der Waals surface area contributed by atoms with Crippen LogP contribution in [0, 0.1) is 11.8 Å². The van der Waals surface area contributed by atoms with E-state index in [1.54, 1.807) is 30.4 Å². The first-order chi connectivity index (χ1) is 20.5. The summed E-state index contributed by atoms with van der Waals surface area (Å²) in [6.07, 6.45) is 18.5. The van der Waals surface area contributed by atoms with Crippen molar-refractivity contribution < 1.29 is 39.5 Å². The first kappa shape index (κ1) is 35.4. The molecule has 0 amide bonds. The minimum absolute atomic E-state index is 0.0359. The second-order valence-corrected chi connectivity index (χ2v) is 10.8. The summed E-state index contributed by atoms with van der Waals surface area (Å²) in [7, 11) is 0. The van der Waals surface area contributed by atoms with Gasteiger partial charge in [-0.1, -0.05) is 93.5 Å². The molecule has 1 aliphatic heterocycles. The smallest absolute Gasteiger partial charge is 0.345 e. The fourth-order valence-electron chi connectivity index (χ4n) is 4.61. The molecule has 0 radical (unpaired) electrons. The van der Waals surface area contributed by atoms with E-state index in [2.05, 4.69) is 13.8 Å². The second kappa shape index (κ2) is 18.0. The predicted molar refractivity (Wildman–Crippen MR) is 166 cm³/mol. The van der Waals surface area contributed by atoms with Gasteiger partial charge in [-0.05, 0) is 37.3 Å². The Hall–Kier alpha value is -3.76. The van der Waals surface area contributed by atoms with Crippen LogP contribution in [-0.2, 0) is 9.53 Å². The van der Waals surface area contributed by atoms with E-state index in [-0.39, 0.29) is 29.4 Å². The number of hydrogen-bond donors (Lipinski definition) is 5. The van der Waals surface area contributed by atoms with Gasteiger partial charge in [0.1, 0.15) is 29.3 Å². The molecule has 1 aromatic rings. The number of ether oxygens (including phenoxy) is 1. The summed E-state index contributed by atoms with van der Waals surface area (Å²) in [5.74, 6) is -0.447. The van der Waals surface area contributed by atoms with Gasteiger partial charge in [0.2, 0.25) is 0 Å². The zero-order valence-electron chi connectivity index (χ0n) is 25.2. The number of carbonyl (C=O) groups is 1. The van der Waals surface area contributed by atoms with Gasteiger partial charge in [0.05, 0.1) is 24.4 Å². The number of rotatable bonds is 15. The summed E-state index contributed by atoms with van der Waals surface area (Å²) in [4.78, 5) is 24.1. The molecule has 2 heterocycles. The summed E-state index contributed by atoms with van der Waals surface area (Å²) < 4.78 is 10.7. The standard InChI is InChI=1S/C34H44O9/c1-5-22(2)16-24(4)18-25(33(39)40)17-23(3)14-12-10-8-6-7-9-11-13-15-26-19-27(36)31(34(41)42-26)30-20-28(37)32(43-30)29(38)21-35/h6-15,17-19,22,24,28-30,32,35-38H,5,16,20-21H2,1-4H3,(H,39,40)/b7-6+,10-8+,11-9+,14-12+,15-13+,23-17+,25-18-. The number of aliphatic hydroxyl groups excluding tert-OH is 3. The molecule has 6 unspecified atom stereocenters. The van der Waals surface area contributed by atoms with E-state index < -0.39 is 42.6 Å². The first-order valence-corrected chi connectivity index (χ1v) is 14.4. The van der Waals surface area contributed by atoms with Crippen molar-refractivity contribution >= 4 is 12.0 Å².